The molecule has 0 saturated carbocycles. The van der Waals surface area contributed by atoms with E-state index in [4.69, 9.17) is 9.47 Å². The average molecular weight is 439 g/mol. The number of fused-ring (bicyclic) bond motifs is 4. The summed E-state index contributed by atoms with van der Waals surface area (Å²) in [7, 11) is 3.16. The van der Waals surface area contributed by atoms with Gasteiger partial charge >= 0.3 is 0 Å². The molecule has 0 bridgehead atoms. The number of nitrogens with one attached hydrogen (secondary N) is 2. The predicted octanol–water partition coefficient (Wildman–Crippen LogP) is 3.64. The van der Waals surface area contributed by atoms with Gasteiger partial charge in [-0.05, 0) is 35.7 Å². The fourth-order valence-electron chi connectivity index (χ4n) is 4.30. The van der Waals surface area contributed by atoms with Crippen molar-refractivity contribution >= 4 is 27.6 Å². The van der Waals surface area contributed by atoms with Crippen molar-refractivity contribution in [3.63, 3.8) is 0 Å². The van der Waals surface area contributed by atoms with Gasteiger partial charge in [0.15, 0.2) is 11.6 Å². The Labute approximate surface area is 180 Å². The molecule has 5 rings (SSSR count). The zero-order valence-electron chi connectivity index (χ0n) is 17.3. The zero-order chi connectivity index (χ0) is 22.6. The first-order chi connectivity index (χ1) is 15.4. The molecular formula is C23H19F2N3O4. The lowest BCUT2D eigenvalue weighted by Crippen LogP contribution is -2.37. The Morgan fingerprint density at radius 2 is 1.88 bits per heavy atom. The lowest BCUT2D eigenvalue weighted by Gasteiger charge is -2.33. The van der Waals surface area contributed by atoms with Crippen LogP contribution in [0.3, 0.4) is 0 Å². The van der Waals surface area contributed by atoms with E-state index in [-0.39, 0.29) is 29.9 Å². The highest BCUT2D eigenvalue weighted by molar-refractivity contribution is 6.00. The third kappa shape index (κ3) is 3.04. The number of halogens is 2. The number of methoxy groups -OCH3 is 1. The maximum Gasteiger partial charge on any atom is 0.270 e. The number of pyridine rings is 1. The van der Waals surface area contributed by atoms with E-state index >= 15 is 0 Å². The van der Waals surface area contributed by atoms with Gasteiger partial charge in [0.25, 0.3) is 11.5 Å². The van der Waals surface area contributed by atoms with E-state index in [0.717, 1.165) is 23.0 Å². The highest BCUT2D eigenvalue weighted by Crippen LogP contribution is 2.35. The van der Waals surface area contributed by atoms with Gasteiger partial charge in [-0.1, -0.05) is 6.07 Å². The largest absolute Gasteiger partial charge is 0.496 e. The number of aromatic amines is 2. The highest BCUT2D eigenvalue weighted by Gasteiger charge is 2.32. The first-order valence-electron chi connectivity index (χ1n) is 9.93. The van der Waals surface area contributed by atoms with Crippen molar-refractivity contribution in [2.24, 2.45) is 0 Å². The summed E-state index contributed by atoms with van der Waals surface area (Å²) in [6.45, 7) is 0.237. The zero-order valence-corrected chi connectivity index (χ0v) is 17.3. The number of rotatable bonds is 3. The van der Waals surface area contributed by atoms with Crippen LogP contribution >= 0.6 is 0 Å². The van der Waals surface area contributed by atoms with Crippen molar-refractivity contribution in [2.45, 2.75) is 12.6 Å². The monoisotopic (exact) mass is 439 g/mol. The van der Waals surface area contributed by atoms with Crippen LogP contribution in [0.1, 0.15) is 27.8 Å². The molecule has 2 N–H and O–H groups in total. The molecular weight excluding hydrogens is 420 g/mol. The van der Waals surface area contributed by atoms with Crippen LogP contribution in [0.4, 0.5) is 8.78 Å². The predicted molar refractivity (Wildman–Crippen MR) is 114 cm³/mol. The first kappa shape index (κ1) is 20.2. The molecule has 4 aromatic rings. The van der Waals surface area contributed by atoms with Gasteiger partial charge in [-0.15, -0.1) is 0 Å². The molecule has 1 amide bonds. The first-order valence-corrected chi connectivity index (χ1v) is 9.93. The van der Waals surface area contributed by atoms with Gasteiger partial charge in [-0.25, -0.2) is 8.78 Å². The maximum absolute atomic E-state index is 14.1. The number of amides is 1. The molecule has 0 fully saturated rings. The molecule has 164 valence electrons. The minimum absolute atomic E-state index is 0.0192. The normalized spacial score (nSPS) is 15.7. The molecule has 7 nitrogen and oxygen atoms in total. The van der Waals surface area contributed by atoms with Gasteiger partial charge < -0.3 is 24.3 Å². The molecule has 1 aliphatic rings. The third-order valence-electron chi connectivity index (χ3n) is 5.90. The fourth-order valence-corrected chi connectivity index (χ4v) is 4.30. The van der Waals surface area contributed by atoms with Crippen LogP contribution in [0.2, 0.25) is 0 Å². The van der Waals surface area contributed by atoms with Crippen LogP contribution in [0.15, 0.2) is 41.2 Å². The van der Waals surface area contributed by atoms with Crippen molar-refractivity contribution in [3.8, 4) is 5.75 Å². The summed E-state index contributed by atoms with van der Waals surface area (Å²) in [5.41, 5.74) is 1.51. The van der Waals surface area contributed by atoms with E-state index in [2.05, 4.69) is 9.97 Å². The number of benzene rings is 2. The maximum atomic E-state index is 14.1. The molecule has 2 aromatic carbocycles. The Balaban J connectivity index is 1.61. The van der Waals surface area contributed by atoms with Crippen molar-refractivity contribution in [1.82, 2.24) is 14.9 Å². The van der Waals surface area contributed by atoms with Gasteiger partial charge in [0, 0.05) is 29.2 Å². The molecule has 0 aliphatic carbocycles. The van der Waals surface area contributed by atoms with Gasteiger partial charge in [-0.3, -0.25) is 9.59 Å². The molecule has 0 unspecified atom stereocenters. The van der Waals surface area contributed by atoms with E-state index in [0.29, 0.717) is 22.7 Å². The number of nitrogens with zero attached hydrogens (tertiary/aromatic N) is 1. The van der Waals surface area contributed by atoms with Crippen LogP contribution < -0.4 is 10.3 Å². The Bertz CT molecular complexity index is 1440. The molecule has 2 aromatic heterocycles. The smallest absolute Gasteiger partial charge is 0.270 e. The molecule has 1 aliphatic heterocycles. The number of hydrogen-bond donors (Lipinski definition) is 2. The topological polar surface area (TPSA) is 87.4 Å². The summed E-state index contributed by atoms with van der Waals surface area (Å²) in [6, 6.07) is 8.42. The van der Waals surface area contributed by atoms with E-state index in [9.17, 15) is 18.4 Å². The van der Waals surface area contributed by atoms with Gasteiger partial charge in [0.2, 0.25) is 0 Å². The van der Waals surface area contributed by atoms with E-state index in [1.807, 2.05) is 12.1 Å². The number of carbonyl (C=O) groups is 1. The molecule has 9 heteroatoms. The van der Waals surface area contributed by atoms with Crippen LogP contribution in [0.5, 0.6) is 5.75 Å². The van der Waals surface area contributed by atoms with Crippen molar-refractivity contribution in [3.05, 3.63) is 75.3 Å². The Kier molecular flexibility index (Phi) is 4.70. The number of ether oxygens (including phenoxy) is 2. The third-order valence-corrected chi connectivity index (χ3v) is 5.90. The second-order valence-electron chi connectivity index (χ2n) is 7.71. The molecule has 0 spiro atoms. The summed E-state index contributed by atoms with van der Waals surface area (Å²) in [4.78, 5) is 33.0. The number of H-pyrrole nitrogens is 2. The van der Waals surface area contributed by atoms with Gasteiger partial charge in [-0.2, -0.15) is 0 Å². The van der Waals surface area contributed by atoms with Crippen LogP contribution in [-0.4, -0.2) is 41.5 Å². The van der Waals surface area contributed by atoms with E-state index < -0.39 is 23.2 Å². The minimum atomic E-state index is -1.11. The number of likely N-dealkylation sites (N-methyl/N-ethyl adjacent to an activating group) is 1. The quantitative estimate of drug-likeness (QED) is 0.510. The van der Waals surface area contributed by atoms with Crippen molar-refractivity contribution in [1.29, 1.82) is 0 Å². The molecule has 3 heterocycles. The number of hydrogen-bond acceptors (Lipinski definition) is 4. The van der Waals surface area contributed by atoms with Crippen molar-refractivity contribution < 1.29 is 23.0 Å². The second kappa shape index (κ2) is 7.45. The van der Waals surface area contributed by atoms with Gasteiger partial charge in [0.05, 0.1) is 31.8 Å². The molecule has 0 saturated heterocycles. The van der Waals surface area contributed by atoms with Gasteiger partial charge in [0.1, 0.15) is 11.4 Å². The molecule has 0 radical (unpaired) electrons. The summed E-state index contributed by atoms with van der Waals surface area (Å²) < 4.78 is 38.8. The minimum Gasteiger partial charge on any atom is -0.496 e. The van der Waals surface area contributed by atoms with Crippen LogP contribution in [-0.2, 0) is 11.3 Å². The second-order valence-corrected chi connectivity index (χ2v) is 7.71. The Morgan fingerprint density at radius 3 is 2.62 bits per heavy atom. The summed E-state index contributed by atoms with van der Waals surface area (Å²) in [5.74, 6) is -1.87. The van der Waals surface area contributed by atoms with Crippen molar-refractivity contribution in [2.75, 3.05) is 20.8 Å². The molecule has 32 heavy (non-hydrogen) atoms. The van der Waals surface area contributed by atoms with E-state index in [1.54, 1.807) is 26.3 Å². The Morgan fingerprint density at radius 1 is 1.12 bits per heavy atom. The van der Waals surface area contributed by atoms with E-state index in [1.165, 1.54) is 4.90 Å². The van der Waals surface area contributed by atoms with Crippen LogP contribution in [0.25, 0.3) is 21.7 Å². The summed E-state index contributed by atoms with van der Waals surface area (Å²) in [5, 5.41) is 1.04. The number of carbonyl (C=O) groups excluding carboxylic acids is 1. The average Bonchev–Trinajstić information content (AvgIpc) is 3.23. The molecule has 1 atom stereocenters. The fraction of sp³-hybridized carbons (Fsp3) is 0.217. The summed E-state index contributed by atoms with van der Waals surface area (Å²) in [6.07, 6.45) is 0. The number of aromatic nitrogens is 2. The standard InChI is InChI=1S/C23H19F2N3O4/c1-28(23(30)17-8-13-16(26-17)4-3-5-20(13)31-2)19-10-32-9-18-21(19)11-6-14(24)15(25)7-12(11)22(29)27-18/h3-8,19,26H,9-10H2,1-2H3,(H,27,29)/t19-/m1/s1. The lowest BCUT2D eigenvalue weighted by molar-refractivity contribution is 0.0333. The highest BCUT2D eigenvalue weighted by atomic mass is 19.2. The Hall–Kier alpha value is -3.72. The van der Waals surface area contributed by atoms with Crippen LogP contribution in [0, 0.1) is 11.6 Å². The lowest BCUT2D eigenvalue weighted by atomic mass is 9.95. The SMILES string of the molecule is COc1cccc2[nH]c(C(=O)N(C)[C@@H]3COCc4[nH]c(=O)c5cc(F)c(F)cc5c43)cc12. The summed E-state index contributed by atoms with van der Waals surface area (Å²) >= 11 is 0.